The molecule has 2 N–H and O–H groups in total. The Morgan fingerprint density at radius 2 is 2.00 bits per heavy atom. The summed E-state index contributed by atoms with van der Waals surface area (Å²) in [7, 11) is 0. The van der Waals surface area contributed by atoms with Gasteiger partial charge in [-0.1, -0.05) is 26.0 Å². The molecule has 0 bridgehead atoms. The number of rotatable bonds is 5. The molecule has 0 saturated carbocycles. The molecule has 0 saturated heterocycles. The Bertz CT molecular complexity index is 809. The zero-order chi connectivity index (χ0) is 19.5. The van der Waals surface area contributed by atoms with Crippen LogP contribution in [0.5, 0.6) is 0 Å². The van der Waals surface area contributed by atoms with Crippen molar-refractivity contribution in [2.45, 2.75) is 26.3 Å². The number of para-hydroxylation sites is 1. The summed E-state index contributed by atoms with van der Waals surface area (Å²) in [6.45, 7) is 3.74. The average Bonchev–Trinajstić information content (AvgIpc) is 2.57. The van der Waals surface area contributed by atoms with Crippen LogP contribution in [0.1, 0.15) is 19.4 Å². The smallest absolute Gasteiger partial charge is 0.418 e. The monoisotopic (exact) mass is 369 g/mol. The summed E-state index contributed by atoms with van der Waals surface area (Å²) in [6, 6.07) is 6.56. The highest BCUT2D eigenvalue weighted by Crippen LogP contribution is 2.34. The molecule has 0 aliphatic rings. The molecule has 26 heavy (non-hydrogen) atoms. The van der Waals surface area contributed by atoms with Gasteiger partial charge in [-0.05, 0) is 24.1 Å². The molecule has 9 heteroatoms. The van der Waals surface area contributed by atoms with Gasteiger partial charge in [0.2, 0.25) is 6.23 Å². The van der Waals surface area contributed by atoms with Gasteiger partial charge in [-0.15, -0.1) is 0 Å². The van der Waals surface area contributed by atoms with E-state index >= 15 is 0 Å². The molecule has 1 heterocycles. The number of carbonyl (C=O) groups is 2. The molecule has 1 atom stereocenters. The van der Waals surface area contributed by atoms with E-state index in [-0.39, 0.29) is 35.5 Å². The largest absolute Gasteiger partial charge is 0.423 e. The zero-order valence-corrected chi connectivity index (χ0v) is 14.2. The van der Waals surface area contributed by atoms with E-state index in [0.717, 1.165) is 11.0 Å². The fraction of sp³-hybridized carbons (Fsp3) is 0.353. The highest BCUT2D eigenvalue weighted by molar-refractivity contribution is 5.90. The molecule has 0 fully saturated rings. The summed E-state index contributed by atoms with van der Waals surface area (Å²) >= 11 is 0. The number of amides is 1. The number of ether oxygens (including phenoxy) is 1. The van der Waals surface area contributed by atoms with Crippen molar-refractivity contribution in [3.05, 3.63) is 35.9 Å². The predicted octanol–water partition coefficient (Wildman–Crippen LogP) is 3.34. The fourth-order valence-electron chi connectivity index (χ4n) is 2.35. The number of anilines is 1. The summed E-state index contributed by atoms with van der Waals surface area (Å²) < 4.78 is 44.5. The molecule has 1 unspecified atom stereocenters. The first kappa shape index (κ1) is 19.6. The Balaban J connectivity index is 2.52. The maximum absolute atomic E-state index is 13.2. The molecule has 140 valence electrons. The average molecular weight is 369 g/mol. The number of aromatic nitrogens is 1. The van der Waals surface area contributed by atoms with Crippen LogP contribution in [0.3, 0.4) is 0 Å². The maximum Gasteiger partial charge on any atom is 0.418 e. The van der Waals surface area contributed by atoms with Crippen LogP contribution in [-0.2, 0) is 15.7 Å². The van der Waals surface area contributed by atoms with Crippen LogP contribution >= 0.6 is 0 Å². The molecular weight excluding hydrogens is 351 g/mol. The van der Waals surface area contributed by atoms with Crippen molar-refractivity contribution < 1.29 is 27.5 Å². The molecule has 1 aromatic carbocycles. The summed E-state index contributed by atoms with van der Waals surface area (Å²) in [5, 5.41) is 0.283. The van der Waals surface area contributed by atoms with E-state index in [4.69, 9.17) is 10.5 Å². The normalized spacial score (nSPS) is 12.9. The maximum atomic E-state index is 13.2. The van der Waals surface area contributed by atoms with E-state index in [1.54, 1.807) is 0 Å². The molecule has 0 spiro atoms. The molecule has 2 rings (SSSR count). The minimum absolute atomic E-state index is 0.0222. The van der Waals surface area contributed by atoms with Crippen molar-refractivity contribution >= 4 is 29.1 Å². The lowest BCUT2D eigenvalue weighted by Gasteiger charge is -2.24. The van der Waals surface area contributed by atoms with E-state index in [2.05, 4.69) is 4.98 Å². The van der Waals surface area contributed by atoms with Crippen molar-refractivity contribution in [1.29, 1.82) is 0 Å². The van der Waals surface area contributed by atoms with Gasteiger partial charge in [0.05, 0.1) is 11.1 Å². The molecule has 1 aromatic heterocycles. The number of nitrogens with two attached hydrogens (primary N) is 1. The molecule has 0 radical (unpaired) electrons. The second-order valence-corrected chi connectivity index (χ2v) is 6.03. The molecule has 6 nitrogen and oxygen atoms in total. The first-order chi connectivity index (χ1) is 12.1. The van der Waals surface area contributed by atoms with Gasteiger partial charge in [0.25, 0.3) is 0 Å². The number of halogens is 3. The molecule has 0 aliphatic heterocycles. The van der Waals surface area contributed by atoms with Gasteiger partial charge in [-0.3, -0.25) is 15.4 Å². The molecule has 2 aromatic rings. The number of hydrogen-bond donors (Lipinski definition) is 1. The number of benzene rings is 1. The van der Waals surface area contributed by atoms with E-state index < -0.39 is 24.1 Å². The number of nitrogens with zero attached hydrogens (tertiary/aromatic N) is 2. The number of aldehydes is 1. The van der Waals surface area contributed by atoms with Crippen LogP contribution in [0.15, 0.2) is 30.3 Å². The Labute approximate surface area is 147 Å². The Morgan fingerprint density at radius 3 is 2.58 bits per heavy atom. The van der Waals surface area contributed by atoms with Crippen molar-refractivity contribution in [2.24, 2.45) is 11.7 Å². The molecule has 0 aliphatic carbocycles. The van der Waals surface area contributed by atoms with Crippen molar-refractivity contribution in [3.63, 3.8) is 0 Å². The van der Waals surface area contributed by atoms with Crippen LogP contribution in [0.4, 0.5) is 23.8 Å². The highest BCUT2D eigenvalue weighted by atomic mass is 19.4. The topological polar surface area (TPSA) is 85.5 Å². The third kappa shape index (κ3) is 4.48. The second-order valence-electron chi connectivity index (χ2n) is 6.03. The third-order valence-corrected chi connectivity index (χ3v) is 3.43. The van der Waals surface area contributed by atoms with Gasteiger partial charge in [0.1, 0.15) is 5.82 Å². The minimum atomic E-state index is -4.59. The van der Waals surface area contributed by atoms with Gasteiger partial charge >= 0.3 is 12.3 Å². The van der Waals surface area contributed by atoms with Crippen LogP contribution in [0, 0.1) is 5.92 Å². The number of pyridine rings is 1. The van der Waals surface area contributed by atoms with Gasteiger partial charge in [-0.25, -0.2) is 9.78 Å². The lowest BCUT2D eigenvalue weighted by atomic mass is 10.1. The molecule has 1 amide bonds. The van der Waals surface area contributed by atoms with Crippen molar-refractivity contribution in [1.82, 2.24) is 4.98 Å². The quantitative estimate of drug-likeness (QED) is 0.645. The predicted molar refractivity (Wildman–Crippen MR) is 89.4 cm³/mol. The van der Waals surface area contributed by atoms with Gasteiger partial charge < -0.3 is 4.74 Å². The highest BCUT2D eigenvalue weighted by Gasteiger charge is 2.33. The van der Waals surface area contributed by atoms with E-state index in [9.17, 15) is 22.8 Å². The lowest BCUT2D eigenvalue weighted by molar-refractivity contribution is -0.136. The van der Waals surface area contributed by atoms with Crippen LogP contribution in [0.25, 0.3) is 10.9 Å². The van der Waals surface area contributed by atoms with E-state index in [0.29, 0.717) is 0 Å². The number of alkyl halides is 3. The van der Waals surface area contributed by atoms with Crippen molar-refractivity contribution in [2.75, 3.05) is 11.4 Å². The number of hydrogen-bond acceptors (Lipinski definition) is 5. The zero-order valence-electron chi connectivity index (χ0n) is 14.2. The first-order valence-electron chi connectivity index (χ1n) is 7.79. The SMILES string of the molecule is CC(C)CN(C(=O)OC(N)C=O)c1ccc2cccc(C(F)(F)F)c2n1. The number of fused-ring (bicyclic) bond motifs is 1. The van der Waals surface area contributed by atoms with Crippen LogP contribution in [0.2, 0.25) is 0 Å². The second kappa shape index (κ2) is 7.69. The van der Waals surface area contributed by atoms with Gasteiger partial charge in [0, 0.05) is 11.9 Å². The Hall–Kier alpha value is -2.68. The minimum Gasteiger partial charge on any atom is -0.423 e. The summed E-state index contributed by atoms with van der Waals surface area (Å²) in [6.07, 6.45) is -6.78. The Morgan fingerprint density at radius 1 is 1.31 bits per heavy atom. The van der Waals surface area contributed by atoms with Crippen LogP contribution in [-0.4, -0.2) is 30.1 Å². The first-order valence-corrected chi connectivity index (χ1v) is 7.79. The summed E-state index contributed by atoms with van der Waals surface area (Å²) in [5.74, 6) is -0.0589. The summed E-state index contributed by atoms with van der Waals surface area (Å²) in [5.41, 5.74) is 4.10. The van der Waals surface area contributed by atoms with Gasteiger partial charge in [-0.2, -0.15) is 13.2 Å². The third-order valence-electron chi connectivity index (χ3n) is 3.43. The summed E-state index contributed by atoms with van der Waals surface area (Å²) in [4.78, 5) is 27.9. The Kier molecular flexibility index (Phi) is 5.81. The van der Waals surface area contributed by atoms with Crippen molar-refractivity contribution in [3.8, 4) is 0 Å². The standard InChI is InChI=1S/C17H18F3N3O3/c1-10(2)8-23(16(25)26-13(21)9-24)14-7-6-11-4-3-5-12(15(11)22-14)17(18,19)20/h3-7,9-10,13H,8,21H2,1-2H3. The lowest BCUT2D eigenvalue weighted by Crippen LogP contribution is -2.40. The van der Waals surface area contributed by atoms with E-state index in [1.165, 1.54) is 24.3 Å². The van der Waals surface area contributed by atoms with E-state index in [1.807, 2.05) is 13.8 Å². The number of carbonyl (C=O) groups excluding carboxylic acids is 2. The van der Waals surface area contributed by atoms with Gasteiger partial charge in [0.15, 0.2) is 6.29 Å². The van der Waals surface area contributed by atoms with Crippen LogP contribution < -0.4 is 10.6 Å². The fourth-order valence-corrected chi connectivity index (χ4v) is 2.35. The molecular formula is C17H18F3N3O3.